The van der Waals surface area contributed by atoms with Gasteiger partial charge in [0, 0.05) is 11.6 Å². The third-order valence-electron chi connectivity index (χ3n) is 3.76. The number of carbonyl (C=O) groups is 2. The Morgan fingerprint density at radius 2 is 2.10 bits per heavy atom. The summed E-state index contributed by atoms with van der Waals surface area (Å²) in [6.07, 6.45) is 1.46. The molecule has 0 spiro atoms. The van der Waals surface area contributed by atoms with E-state index in [9.17, 15) is 19.7 Å². The fourth-order valence-electron chi connectivity index (χ4n) is 2.37. The standard InChI is InChI=1S/C19H13ClN2O7/c1-27-17(23)10-28-13-4-2-3-11(7-13)8-15-19(24)29-18(21-15)12-5-6-14(20)16(9-12)22(25)26/h2-9H,10H2,1H3/b15-8-. The number of hydrogen-bond donors (Lipinski definition) is 0. The van der Waals surface area contributed by atoms with Crippen molar-refractivity contribution in [1.82, 2.24) is 0 Å². The zero-order chi connectivity index (χ0) is 21.0. The molecule has 0 saturated heterocycles. The molecule has 1 aliphatic heterocycles. The summed E-state index contributed by atoms with van der Waals surface area (Å²) in [5.74, 6) is -0.911. The van der Waals surface area contributed by atoms with Crippen LogP contribution in [0.15, 0.2) is 53.2 Å². The molecule has 10 heteroatoms. The SMILES string of the molecule is COC(=O)COc1cccc(/C=C2\N=C(c3ccc(Cl)c([N+](=O)[O-])c3)OC2=O)c1. The van der Waals surface area contributed by atoms with Crippen LogP contribution in [0.4, 0.5) is 5.69 Å². The molecule has 0 fully saturated rings. The van der Waals surface area contributed by atoms with Gasteiger partial charge in [-0.25, -0.2) is 14.6 Å². The Morgan fingerprint density at radius 3 is 2.83 bits per heavy atom. The number of aliphatic imine (C=N–C) groups is 1. The summed E-state index contributed by atoms with van der Waals surface area (Å²) < 4.78 is 14.9. The Morgan fingerprint density at radius 1 is 1.31 bits per heavy atom. The predicted molar refractivity (Wildman–Crippen MR) is 103 cm³/mol. The zero-order valence-electron chi connectivity index (χ0n) is 15.0. The van der Waals surface area contributed by atoms with Crippen LogP contribution < -0.4 is 4.74 Å². The number of benzene rings is 2. The average Bonchev–Trinajstić information content (AvgIpc) is 3.06. The molecule has 2 aromatic rings. The van der Waals surface area contributed by atoms with Gasteiger partial charge in [0.25, 0.3) is 5.69 Å². The second-order valence-corrected chi connectivity index (χ2v) is 6.10. The van der Waals surface area contributed by atoms with Crippen LogP contribution in [0.2, 0.25) is 5.02 Å². The Balaban J connectivity index is 1.85. The van der Waals surface area contributed by atoms with Gasteiger partial charge in [0.05, 0.1) is 12.0 Å². The van der Waals surface area contributed by atoms with Crippen LogP contribution in [0, 0.1) is 10.1 Å². The maximum atomic E-state index is 12.1. The van der Waals surface area contributed by atoms with Gasteiger partial charge in [-0.05, 0) is 35.9 Å². The van der Waals surface area contributed by atoms with Crippen molar-refractivity contribution >= 4 is 41.2 Å². The van der Waals surface area contributed by atoms with Crippen molar-refractivity contribution in [2.45, 2.75) is 0 Å². The second kappa shape index (κ2) is 8.53. The Bertz CT molecular complexity index is 1060. The number of carbonyl (C=O) groups excluding carboxylic acids is 2. The number of nitro benzene ring substituents is 1. The molecule has 9 nitrogen and oxygen atoms in total. The highest BCUT2D eigenvalue weighted by molar-refractivity contribution is 6.32. The van der Waals surface area contributed by atoms with Gasteiger partial charge in [0.15, 0.2) is 12.3 Å². The molecule has 0 aliphatic carbocycles. The summed E-state index contributed by atoms with van der Waals surface area (Å²) in [6, 6.07) is 10.6. The van der Waals surface area contributed by atoms with E-state index in [-0.39, 0.29) is 34.5 Å². The molecule has 0 unspecified atom stereocenters. The Kier molecular flexibility index (Phi) is 5.89. The lowest BCUT2D eigenvalue weighted by molar-refractivity contribution is -0.384. The number of hydrogen-bond acceptors (Lipinski definition) is 8. The summed E-state index contributed by atoms with van der Waals surface area (Å²) in [7, 11) is 1.25. The average molecular weight is 417 g/mol. The molecule has 0 atom stereocenters. The van der Waals surface area contributed by atoms with Crippen LogP contribution >= 0.6 is 11.6 Å². The lowest BCUT2D eigenvalue weighted by Gasteiger charge is -2.05. The lowest BCUT2D eigenvalue weighted by atomic mass is 10.2. The van der Waals surface area contributed by atoms with Gasteiger partial charge < -0.3 is 14.2 Å². The van der Waals surface area contributed by atoms with E-state index in [1.165, 1.54) is 31.4 Å². The van der Waals surface area contributed by atoms with E-state index < -0.39 is 16.9 Å². The third-order valence-corrected chi connectivity index (χ3v) is 4.08. The maximum Gasteiger partial charge on any atom is 0.363 e. The van der Waals surface area contributed by atoms with E-state index >= 15 is 0 Å². The molecule has 0 saturated carbocycles. The van der Waals surface area contributed by atoms with Gasteiger partial charge >= 0.3 is 11.9 Å². The summed E-state index contributed by atoms with van der Waals surface area (Å²) in [5, 5.41) is 11.0. The van der Waals surface area contributed by atoms with Crippen LogP contribution in [0.5, 0.6) is 5.75 Å². The van der Waals surface area contributed by atoms with E-state index in [0.717, 1.165) is 0 Å². The van der Waals surface area contributed by atoms with Gasteiger partial charge in [0.1, 0.15) is 10.8 Å². The first-order chi connectivity index (χ1) is 13.9. The summed E-state index contributed by atoms with van der Waals surface area (Å²) in [6.45, 7) is -0.254. The first kappa shape index (κ1) is 20.0. The van der Waals surface area contributed by atoms with E-state index in [0.29, 0.717) is 11.3 Å². The fraction of sp³-hybridized carbons (Fsp3) is 0.105. The minimum Gasteiger partial charge on any atom is -0.482 e. The number of nitro groups is 1. The summed E-state index contributed by atoms with van der Waals surface area (Å²) >= 11 is 5.79. The van der Waals surface area contributed by atoms with Crippen LogP contribution in [-0.4, -0.2) is 36.5 Å². The van der Waals surface area contributed by atoms with Crippen LogP contribution in [-0.2, 0) is 19.1 Å². The first-order valence-electron chi connectivity index (χ1n) is 8.14. The van der Waals surface area contributed by atoms with Crippen molar-refractivity contribution in [2.24, 2.45) is 4.99 Å². The normalized spacial score (nSPS) is 14.3. The molecule has 2 aromatic carbocycles. The molecule has 1 aliphatic rings. The van der Waals surface area contributed by atoms with Crippen molar-refractivity contribution < 1.29 is 28.7 Å². The van der Waals surface area contributed by atoms with Crippen molar-refractivity contribution in [3.63, 3.8) is 0 Å². The molecule has 0 bridgehead atoms. The van der Waals surface area contributed by atoms with Crippen molar-refractivity contribution in [2.75, 3.05) is 13.7 Å². The van der Waals surface area contributed by atoms with Gasteiger partial charge in [-0.3, -0.25) is 10.1 Å². The number of rotatable bonds is 6. The molecule has 148 valence electrons. The molecule has 0 radical (unpaired) electrons. The highest BCUT2D eigenvalue weighted by Crippen LogP contribution is 2.28. The Hall–Kier alpha value is -3.72. The molecule has 3 rings (SSSR count). The molecule has 0 aromatic heterocycles. The molecule has 1 heterocycles. The zero-order valence-corrected chi connectivity index (χ0v) is 15.7. The molecular weight excluding hydrogens is 404 g/mol. The minimum atomic E-state index is -0.710. The largest absolute Gasteiger partial charge is 0.482 e. The topological polar surface area (TPSA) is 117 Å². The molecular formula is C19H13ClN2O7. The highest BCUT2D eigenvalue weighted by Gasteiger charge is 2.26. The van der Waals surface area contributed by atoms with Crippen LogP contribution in [0.25, 0.3) is 6.08 Å². The minimum absolute atomic E-state index is 0.00252. The number of methoxy groups -OCH3 is 1. The molecule has 0 N–H and O–H groups in total. The van der Waals surface area contributed by atoms with Gasteiger partial charge in [-0.1, -0.05) is 23.7 Å². The lowest BCUT2D eigenvalue weighted by Crippen LogP contribution is -2.12. The number of nitrogens with zero attached hydrogens (tertiary/aromatic N) is 2. The predicted octanol–water partition coefficient (Wildman–Crippen LogP) is 3.14. The van der Waals surface area contributed by atoms with Crippen molar-refractivity contribution in [1.29, 1.82) is 0 Å². The summed E-state index contributed by atoms with van der Waals surface area (Å²) in [4.78, 5) is 37.8. The third kappa shape index (κ3) is 4.77. The van der Waals surface area contributed by atoms with Gasteiger partial charge in [-0.2, -0.15) is 0 Å². The molecule has 0 amide bonds. The quantitative estimate of drug-likeness (QED) is 0.307. The van der Waals surface area contributed by atoms with E-state index in [4.69, 9.17) is 21.1 Å². The highest BCUT2D eigenvalue weighted by atomic mass is 35.5. The monoisotopic (exact) mass is 416 g/mol. The van der Waals surface area contributed by atoms with Crippen molar-refractivity contribution in [3.8, 4) is 5.75 Å². The molecule has 29 heavy (non-hydrogen) atoms. The Labute approximate surface area is 169 Å². The smallest absolute Gasteiger partial charge is 0.363 e. The van der Waals surface area contributed by atoms with Crippen LogP contribution in [0.3, 0.4) is 0 Å². The van der Waals surface area contributed by atoms with Gasteiger partial charge in [-0.15, -0.1) is 0 Å². The maximum absolute atomic E-state index is 12.1. The van der Waals surface area contributed by atoms with Crippen LogP contribution in [0.1, 0.15) is 11.1 Å². The van der Waals surface area contributed by atoms with E-state index in [1.807, 2.05) is 0 Å². The van der Waals surface area contributed by atoms with E-state index in [1.54, 1.807) is 24.3 Å². The number of esters is 2. The number of cyclic esters (lactones) is 1. The number of halogens is 1. The fourth-order valence-corrected chi connectivity index (χ4v) is 2.56. The van der Waals surface area contributed by atoms with Crippen molar-refractivity contribution in [3.05, 3.63) is 74.4 Å². The second-order valence-electron chi connectivity index (χ2n) is 5.70. The van der Waals surface area contributed by atoms with Gasteiger partial charge in [0.2, 0.25) is 5.90 Å². The summed E-state index contributed by atoms with van der Waals surface area (Å²) in [5.41, 5.74) is 0.498. The van der Waals surface area contributed by atoms with E-state index in [2.05, 4.69) is 9.73 Å². The first-order valence-corrected chi connectivity index (χ1v) is 8.51. The number of ether oxygens (including phenoxy) is 3.